The SMILES string of the molecule is O=C(NCc1ccc(-c2ncon2)cc1)[C@H]1CCCN(C2CCOCC2)C1. The van der Waals surface area contributed by atoms with Gasteiger partial charge < -0.3 is 14.6 Å². The van der Waals surface area contributed by atoms with E-state index < -0.39 is 0 Å². The number of ether oxygens (including phenoxy) is 1. The molecule has 144 valence electrons. The number of benzene rings is 1. The molecule has 2 aliphatic rings. The highest BCUT2D eigenvalue weighted by Gasteiger charge is 2.30. The summed E-state index contributed by atoms with van der Waals surface area (Å²) in [6, 6.07) is 8.44. The summed E-state index contributed by atoms with van der Waals surface area (Å²) in [6.07, 6.45) is 5.55. The van der Waals surface area contributed by atoms with Gasteiger partial charge in [0.15, 0.2) is 0 Å². The molecule has 2 fully saturated rings. The summed E-state index contributed by atoms with van der Waals surface area (Å²) in [5, 5.41) is 6.94. The van der Waals surface area contributed by atoms with Crippen LogP contribution < -0.4 is 5.32 Å². The Morgan fingerprint density at radius 1 is 1.19 bits per heavy atom. The lowest BCUT2D eigenvalue weighted by Gasteiger charge is -2.39. The Bertz CT molecular complexity index is 726. The van der Waals surface area contributed by atoms with Gasteiger partial charge in [0, 0.05) is 37.9 Å². The van der Waals surface area contributed by atoms with Crippen molar-refractivity contribution in [2.24, 2.45) is 5.92 Å². The predicted octanol–water partition coefficient (Wildman–Crippen LogP) is 2.24. The van der Waals surface area contributed by atoms with Gasteiger partial charge in [-0.05, 0) is 37.8 Å². The van der Waals surface area contributed by atoms with Crippen LogP contribution in [0, 0.1) is 5.92 Å². The summed E-state index contributed by atoms with van der Waals surface area (Å²) < 4.78 is 10.2. The van der Waals surface area contributed by atoms with Crippen LogP contribution in [0.1, 0.15) is 31.2 Å². The van der Waals surface area contributed by atoms with Crippen LogP contribution in [0.5, 0.6) is 0 Å². The minimum Gasteiger partial charge on any atom is -0.381 e. The molecule has 0 saturated carbocycles. The van der Waals surface area contributed by atoms with Gasteiger partial charge in [-0.2, -0.15) is 4.98 Å². The van der Waals surface area contributed by atoms with Gasteiger partial charge in [0.1, 0.15) is 0 Å². The van der Waals surface area contributed by atoms with Gasteiger partial charge in [-0.1, -0.05) is 29.4 Å². The summed E-state index contributed by atoms with van der Waals surface area (Å²) >= 11 is 0. The topological polar surface area (TPSA) is 80.5 Å². The van der Waals surface area contributed by atoms with Gasteiger partial charge in [0.25, 0.3) is 0 Å². The number of hydrogen-bond acceptors (Lipinski definition) is 6. The van der Waals surface area contributed by atoms with Crippen LogP contribution in [-0.2, 0) is 16.1 Å². The molecule has 0 radical (unpaired) electrons. The first-order valence-corrected chi connectivity index (χ1v) is 9.75. The molecule has 2 aliphatic heterocycles. The second kappa shape index (κ2) is 8.63. The number of nitrogens with one attached hydrogen (secondary N) is 1. The van der Waals surface area contributed by atoms with E-state index in [-0.39, 0.29) is 11.8 Å². The lowest BCUT2D eigenvalue weighted by atomic mass is 9.94. The summed E-state index contributed by atoms with van der Waals surface area (Å²) in [5.74, 6) is 0.815. The highest BCUT2D eigenvalue weighted by molar-refractivity contribution is 5.79. The van der Waals surface area contributed by atoms with E-state index in [0.29, 0.717) is 18.4 Å². The lowest BCUT2D eigenvalue weighted by molar-refractivity contribution is -0.127. The van der Waals surface area contributed by atoms with Crippen LogP contribution >= 0.6 is 0 Å². The first kappa shape index (κ1) is 18.1. The molecular weight excluding hydrogens is 344 g/mol. The number of carbonyl (C=O) groups excluding carboxylic acids is 1. The molecule has 1 amide bonds. The van der Waals surface area contributed by atoms with E-state index in [2.05, 4.69) is 20.4 Å². The van der Waals surface area contributed by atoms with Crippen molar-refractivity contribution in [3.8, 4) is 11.4 Å². The quantitative estimate of drug-likeness (QED) is 0.869. The second-order valence-electron chi connectivity index (χ2n) is 7.35. The van der Waals surface area contributed by atoms with Crippen molar-refractivity contribution in [3.63, 3.8) is 0 Å². The predicted molar refractivity (Wildman–Crippen MR) is 99.7 cm³/mol. The number of rotatable bonds is 5. The van der Waals surface area contributed by atoms with Crippen LogP contribution in [0.25, 0.3) is 11.4 Å². The number of hydrogen-bond donors (Lipinski definition) is 1. The van der Waals surface area contributed by atoms with Crippen LogP contribution in [0.15, 0.2) is 35.2 Å². The highest BCUT2D eigenvalue weighted by atomic mass is 16.5. The largest absolute Gasteiger partial charge is 0.381 e. The van der Waals surface area contributed by atoms with E-state index >= 15 is 0 Å². The van der Waals surface area contributed by atoms with E-state index in [9.17, 15) is 4.79 Å². The molecule has 1 aromatic heterocycles. The first-order valence-electron chi connectivity index (χ1n) is 9.75. The highest BCUT2D eigenvalue weighted by Crippen LogP contribution is 2.23. The van der Waals surface area contributed by atoms with Crippen LogP contribution in [0.2, 0.25) is 0 Å². The van der Waals surface area contributed by atoms with Crippen molar-refractivity contribution in [1.82, 2.24) is 20.4 Å². The molecule has 1 atom stereocenters. The Morgan fingerprint density at radius 2 is 2.00 bits per heavy atom. The zero-order chi connectivity index (χ0) is 18.5. The maximum Gasteiger partial charge on any atom is 0.224 e. The fourth-order valence-electron chi connectivity index (χ4n) is 4.01. The summed E-state index contributed by atoms with van der Waals surface area (Å²) in [4.78, 5) is 19.2. The minimum atomic E-state index is 0.0835. The molecule has 0 unspecified atom stereocenters. The summed E-state index contributed by atoms with van der Waals surface area (Å²) in [7, 11) is 0. The molecule has 0 bridgehead atoms. The van der Waals surface area contributed by atoms with Gasteiger partial charge in [-0.3, -0.25) is 9.69 Å². The molecule has 3 heterocycles. The number of carbonyl (C=O) groups is 1. The fourth-order valence-corrected chi connectivity index (χ4v) is 4.01. The van der Waals surface area contributed by atoms with E-state index in [4.69, 9.17) is 9.26 Å². The summed E-state index contributed by atoms with van der Waals surface area (Å²) in [5.41, 5.74) is 1.96. The Hall–Kier alpha value is -2.25. The van der Waals surface area contributed by atoms with Crippen LogP contribution in [-0.4, -0.2) is 53.3 Å². The zero-order valence-corrected chi connectivity index (χ0v) is 15.5. The maximum atomic E-state index is 12.7. The van der Waals surface area contributed by atoms with Gasteiger partial charge >= 0.3 is 0 Å². The molecule has 1 aromatic carbocycles. The molecule has 4 rings (SSSR count). The molecule has 1 N–H and O–H groups in total. The number of amides is 1. The maximum absolute atomic E-state index is 12.7. The Balaban J connectivity index is 1.28. The van der Waals surface area contributed by atoms with Crippen molar-refractivity contribution < 1.29 is 14.1 Å². The van der Waals surface area contributed by atoms with Crippen molar-refractivity contribution >= 4 is 5.91 Å². The number of nitrogens with zero attached hydrogens (tertiary/aromatic N) is 3. The molecule has 0 aliphatic carbocycles. The van der Waals surface area contributed by atoms with Gasteiger partial charge in [0.2, 0.25) is 18.1 Å². The van der Waals surface area contributed by atoms with Crippen molar-refractivity contribution in [3.05, 3.63) is 36.2 Å². The van der Waals surface area contributed by atoms with E-state index in [1.165, 1.54) is 6.39 Å². The van der Waals surface area contributed by atoms with E-state index in [0.717, 1.165) is 63.1 Å². The molecule has 7 heteroatoms. The normalized spacial score (nSPS) is 21.9. The molecule has 0 spiro atoms. The molecule has 27 heavy (non-hydrogen) atoms. The lowest BCUT2D eigenvalue weighted by Crippen LogP contribution is -2.48. The monoisotopic (exact) mass is 370 g/mol. The van der Waals surface area contributed by atoms with E-state index in [1.54, 1.807) is 0 Å². The number of aromatic nitrogens is 2. The van der Waals surface area contributed by atoms with Gasteiger partial charge in [0.05, 0.1) is 5.92 Å². The molecule has 2 aromatic rings. The second-order valence-corrected chi connectivity index (χ2v) is 7.35. The first-order chi connectivity index (χ1) is 13.3. The smallest absolute Gasteiger partial charge is 0.224 e. The van der Waals surface area contributed by atoms with Crippen molar-refractivity contribution in [2.45, 2.75) is 38.3 Å². The standard InChI is InChI=1S/C20H26N4O3/c25-20(17-2-1-9-24(13-17)18-7-10-26-11-8-18)21-12-15-3-5-16(6-4-15)19-22-14-27-23-19/h3-6,14,17-18H,1-2,7-13H2,(H,21,25)/t17-/m0/s1. The molecule has 2 saturated heterocycles. The van der Waals surface area contributed by atoms with Gasteiger partial charge in [-0.25, -0.2) is 0 Å². The zero-order valence-electron chi connectivity index (χ0n) is 15.5. The third kappa shape index (κ3) is 4.54. The number of likely N-dealkylation sites (tertiary alicyclic amines) is 1. The van der Waals surface area contributed by atoms with Crippen molar-refractivity contribution in [1.29, 1.82) is 0 Å². The Morgan fingerprint density at radius 3 is 2.74 bits per heavy atom. The average molecular weight is 370 g/mol. The molecular formula is C20H26N4O3. The Labute approximate surface area is 159 Å². The van der Waals surface area contributed by atoms with E-state index in [1.807, 2.05) is 24.3 Å². The minimum absolute atomic E-state index is 0.0835. The van der Waals surface area contributed by atoms with Crippen LogP contribution in [0.4, 0.5) is 0 Å². The fraction of sp³-hybridized carbons (Fsp3) is 0.550. The number of piperidine rings is 1. The van der Waals surface area contributed by atoms with Crippen LogP contribution in [0.3, 0.4) is 0 Å². The Kier molecular flexibility index (Phi) is 5.79. The third-order valence-corrected chi connectivity index (χ3v) is 5.57. The van der Waals surface area contributed by atoms with Crippen molar-refractivity contribution in [2.75, 3.05) is 26.3 Å². The third-order valence-electron chi connectivity index (χ3n) is 5.57. The average Bonchev–Trinajstić information content (AvgIpc) is 3.28. The molecule has 7 nitrogen and oxygen atoms in total. The van der Waals surface area contributed by atoms with Gasteiger partial charge in [-0.15, -0.1) is 0 Å². The summed E-state index contributed by atoms with van der Waals surface area (Å²) in [6.45, 7) is 4.20.